The topological polar surface area (TPSA) is 76.8 Å². The molecule has 6 nitrogen and oxygen atoms in total. The molecule has 5 rings (SSSR count). The number of H-pyrrole nitrogens is 2. The van der Waals surface area contributed by atoms with Gasteiger partial charge in [0.1, 0.15) is 0 Å². The Balaban J connectivity index is 1.43. The van der Waals surface area contributed by atoms with E-state index in [2.05, 4.69) is 32.1 Å². The van der Waals surface area contributed by atoms with E-state index in [1.54, 1.807) is 0 Å². The maximum absolute atomic E-state index is 13.3. The van der Waals surface area contributed by atoms with Gasteiger partial charge < -0.3 is 20.2 Å². The molecule has 0 bridgehead atoms. The molecule has 0 saturated carbocycles. The van der Waals surface area contributed by atoms with Crippen molar-refractivity contribution >= 4 is 22.5 Å². The maximum Gasteiger partial charge on any atom is 0.417 e. The number of carbonyl (C=O) groups is 1. The SMILES string of the molecule is C[C@H]1CN(c2ccc3nc(-c4cc(C(=O)c5ccccc5C(F)(F)F)c[nH]4)[nH]c3c2)CCN1. The number of hydrogen-bond donors (Lipinski definition) is 3. The van der Waals surface area contributed by atoms with E-state index in [9.17, 15) is 18.0 Å². The minimum Gasteiger partial charge on any atom is -0.369 e. The van der Waals surface area contributed by atoms with Crippen LogP contribution >= 0.6 is 0 Å². The quantitative estimate of drug-likeness (QED) is 0.395. The van der Waals surface area contributed by atoms with Crippen molar-refractivity contribution in [2.75, 3.05) is 24.5 Å². The van der Waals surface area contributed by atoms with Crippen LogP contribution in [0.2, 0.25) is 0 Å². The molecular weight excluding hydrogens is 431 g/mol. The van der Waals surface area contributed by atoms with Crippen LogP contribution < -0.4 is 10.2 Å². The summed E-state index contributed by atoms with van der Waals surface area (Å²) in [5.74, 6) is -0.185. The Morgan fingerprint density at radius 1 is 1.15 bits per heavy atom. The predicted octanol–water partition coefficient (Wildman–Crippen LogP) is 4.61. The van der Waals surface area contributed by atoms with E-state index in [0.717, 1.165) is 42.4 Å². The number of halogens is 3. The Bertz CT molecular complexity index is 1320. The van der Waals surface area contributed by atoms with Crippen molar-refractivity contribution in [2.45, 2.75) is 19.1 Å². The van der Waals surface area contributed by atoms with Crippen LogP contribution in [0.3, 0.4) is 0 Å². The van der Waals surface area contributed by atoms with Gasteiger partial charge >= 0.3 is 6.18 Å². The first-order chi connectivity index (χ1) is 15.8. The third-order valence-electron chi connectivity index (χ3n) is 5.88. The van der Waals surface area contributed by atoms with Crippen molar-refractivity contribution in [3.63, 3.8) is 0 Å². The highest BCUT2D eigenvalue weighted by Gasteiger charge is 2.35. The van der Waals surface area contributed by atoms with Gasteiger partial charge in [0.2, 0.25) is 0 Å². The smallest absolute Gasteiger partial charge is 0.369 e. The predicted molar refractivity (Wildman–Crippen MR) is 120 cm³/mol. The van der Waals surface area contributed by atoms with Gasteiger partial charge in [0.15, 0.2) is 11.6 Å². The Kier molecular flexibility index (Phi) is 5.20. The minimum absolute atomic E-state index is 0.137. The number of fused-ring (bicyclic) bond motifs is 1. The first-order valence-electron chi connectivity index (χ1n) is 10.7. The second-order valence-corrected chi connectivity index (χ2v) is 8.26. The molecule has 0 spiro atoms. The molecule has 1 aliphatic rings. The zero-order valence-electron chi connectivity index (χ0n) is 17.8. The summed E-state index contributed by atoms with van der Waals surface area (Å²) in [5.41, 5.74) is 2.04. The van der Waals surface area contributed by atoms with Crippen LogP contribution in [0.15, 0.2) is 54.7 Å². The van der Waals surface area contributed by atoms with Crippen LogP contribution in [-0.2, 0) is 6.18 Å². The number of aromatic amines is 2. The number of carbonyl (C=O) groups excluding carboxylic acids is 1. The standard InChI is InChI=1S/C24H22F3N5O/c1-14-13-32(9-8-28-14)16-6-7-19-20(11-16)31-23(30-19)21-10-15(12-29-21)22(33)17-4-2-3-5-18(17)24(25,26)27/h2-7,10-12,14,28-29H,8-9,13H2,1H3,(H,30,31)/t14-/m0/s1. The lowest BCUT2D eigenvalue weighted by Crippen LogP contribution is -2.49. The zero-order chi connectivity index (χ0) is 23.2. The molecule has 0 unspecified atom stereocenters. The third kappa shape index (κ3) is 4.11. The number of ketones is 1. The van der Waals surface area contributed by atoms with E-state index >= 15 is 0 Å². The average molecular weight is 453 g/mol. The van der Waals surface area contributed by atoms with E-state index in [-0.39, 0.29) is 11.1 Å². The average Bonchev–Trinajstić information content (AvgIpc) is 3.45. The molecule has 3 N–H and O–H groups in total. The van der Waals surface area contributed by atoms with Gasteiger partial charge in [0.05, 0.1) is 22.3 Å². The molecule has 1 fully saturated rings. The Morgan fingerprint density at radius 3 is 2.76 bits per heavy atom. The van der Waals surface area contributed by atoms with Gasteiger partial charge in [-0.15, -0.1) is 0 Å². The molecule has 1 aliphatic heterocycles. The Morgan fingerprint density at radius 2 is 1.97 bits per heavy atom. The largest absolute Gasteiger partial charge is 0.417 e. The van der Waals surface area contributed by atoms with Gasteiger partial charge in [-0.25, -0.2) is 4.98 Å². The number of nitrogens with zero attached hydrogens (tertiary/aromatic N) is 2. The molecule has 170 valence electrons. The van der Waals surface area contributed by atoms with E-state index < -0.39 is 17.5 Å². The third-order valence-corrected chi connectivity index (χ3v) is 5.88. The minimum atomic E-state index is -4.61. The lowest BCUT2D eigenvalue weighted by Gasteiger charge is -2.33. The molecule has 0 amide bonds. The molecular formula is C24H22F3N5O. The van der Waals surface area contributed by atoms with Crippen LogP contribution in [0.1, 0.15) is 28.4 Å². The lowest BCUT2D eigenvalue weighted by molar-refractivity contribution is -0.137. The summed E-state index contributed by atoms with van der Waals surface area (Å²) >= 11 is 0. The number of anilines is 1. The number of benzene rings is 2. The van der Waals surface area contributed by atoms with Crippen molar-refractivity contribution < 1.29 is 18.0 Å². The fraction of sp³-hybridized carbons (Fsp3) is 0.250. The maximum atomic E-state index is 13.3. The molecule has 4 aromatic rings. The highest BCUT2D eigenvalue weighted by molar-refractivity contribution is 6.10. The molecule has 2 aromatic carbocycles. The van der Waals surface area contributed by atoms with Crippen LogP contribution in [0.5, 0.6) is 0 Å². The molecule has 33 heavy (non-hydrogen) atoms. The fourth-order valence-electron chi connectivity index (χ4n) is 4.23. The van der Waals surface area contributed by atoms with E-state index in [0.29, 0.717) is 17.6 Å². The van der Waals surface area contributed by atoms with Crippen LogP contribution in [-0.4, -0.2) is 46.4 Å². The van der Waals surface area contributed by atoms with Crippen molar-refractivity contribution in [2.24, 2.45) is 0 Å². The van der Waals surface area contributed by atoms with Gasteiger partial charge in [0, 0.05) is 48.7 Å². The number of nitrogens with one attached hydrogen (secondary N) is 3. The number of rotatable bonds is 4. The number of hydrogen-bond acceptors (Lipinski definition) is 4. The summed E-state index contributed by atoms with van der Waals surface area (Å²) in [6.45, 7) is 4.90. The molecule has 1 atom stereocenters. The van der Waals surface area contributed by atoms with Crippen molar-refractivity contribution in [3.05, 3.63) is 71.4 Å². The monoisotopic (exact) mass is 453 g/mol. The molecule has 9 heteroatoms. The van der Waals surface area contributed by atoms with Gasteiger partial charge in [-0.05, 0) is 37.3 Å². The summed E-state index contributed by atoms with van der Waals surface area (Å²) < 4.78 is 40.0. The molecule has 0 radical (unpaired) electrons. The Labute approximate surface area is 187 Å². The number of alkyl halides is 3. The van der Waals surface area contributed by atoms with Crippen LogP contribution in [0.4, 0.5) is 18.9 Å². The second kappa shape index (κ2) is 8.08. The second-order valence-electron chi connectivity index (χ2n) is 8.26. The number of imidazole rings is 1. The zero-order valence-corrected chi connectivity index (χ0v) is 17.8. The molecule has 0 aliphatic carbocycles. The molecule has 3 heterocycles. The Hall–Kier alpha value is -3.59. The van der Waals surface area contributed by atoms with Gasteiger partial charge in [0.25, 0.3) is 0 Å². The summed E-state index contributed by atoms with van der Waals surface area (Å²) in [7, 11) is 0. The first kappa shape index (κ1) is 21.3. The van der Waals surface area contributed by atoms with Gasteiger partial charge in [-0.1, -0.05) is 18.2 Å². The van der Waals surface area contributed by atoms with Crippen LogP contribution in [0, 0.1) is 0 Å². The summed E-state index contributed by atoms with van der Waals surface area (Å²) in [6.07, 6.45) is -3.20. The van der Waals surface area contributed by atoms with Gasteiger partial charge in [-0.3, -0.25) is 4.79 Å². The highest BCUT2D eigenvalue weighted by Crippen LogP contribution is 2.33. The van der Waals surface area contributed by atoms with Crippen molar-refractivity contribution in [1.29, 1.82) is 0 Å². The van der Waals surface area contributed by atoms with Crippen molar-refractivity contribution in [1.82, 2.24) is 20.3 Å². The van der Waals surface area contributed by atoms with Gasteiger partial charge in [-0.2, -0.15) is 13.2 Å². The number of piperazine rings is 1. The van der Waals surface area contributed by atoms with E-state index in [1.165, 1.54) is 30.5 Å². The lowest BCUT2D eigenvalue weighted by atomic mass is 9.99. The normalized spacial score (nSPS) is 17.0. The fourth-order valence-corrected chi connectivity index (χ4v) is 4.23. The highest BCUT2D eigenvalue weighted by atomic mass is 19.4. The summed E-state index contributed by atoms with van der Waals surface area (Å²) in [6, 6.07) is 12.7. The molecule has 2 aromatic heterocycles. The van der Waals surface area contributed by atoms with E-state index in [1.807, 2.05) is 18.2 Å². The summed E-state index contributed by atoms with van der Waals surface area (Å²) in [5, 5.41) is 3.42. The first-order valence-corrected chi connectivity index (χ1v) is 10.7. The molecule has 1 saturated heterocycles. The summed E-state index contributed by atoms with van der Waals surface area (Å²) in [4.78, 5) is 25.9. The van der Waals surface area contributed by atoms with Crippen LogP contribution in [0.25, 0.3) is 22.6 Å². The number of aromatic nitrogens is 3. The van der Waals surface area contributed by atoms with E-state index in [4.69, 9.17) is 0 Å². The van der Waals surface area contributed by atoms with Crippen molar-refractivity contribution in [3.8, 4) is 11.5 Å².